The first-order chi connectivity index (χ1) is 14.9. The van der Waals surface area contributed by atoms with Crippen LogP contribution >= 0.6 is 0 Å². The summed E-state index contributed by atoms with van der Waals surface area (Å²) in [5.41, 5.74) is 0.114. The van der Waals surface area contributed by atoms with Crippen LogP contribution in [0.15, 0.2) is 57.9 Å². The number of carbonyl (C=O) groups is 1. The second-order valence-electron chi connectivity index (χ2n) is 7.47. The van der Waals surface area contributed by atoms with Gasteiger partial charge in [0.15, 0.2) is 0 Å². The molecule has 1 saturated heterocycles. The molecule has 1 fully saturated rings. The number of hydrogen-bond donors (Lipinski definition) is 1. The molecule has 9 heteroatoms. The molecule has 0 unspecified atom stereocenters. The molecule has 31 heavy (non-hydrogen) atoms. The maximum Gasteiger partial charge on any atom is 0.337 e. The molecule has 0 spiro atoms. The summed E-state index contributed by atoms with van der Waals surface area (Å²) in [5, 5.41) is 2.76. The number of carbonyl (C=O) groups excluding carboxylic acids is 1. The Labute approximate surface area is 179 Å². The van der Waals surface area contributed by atoms with Gasteiger partial charge >= 0.3 is 17.1 Å². The standard InChI is InChI=1S/C22H27N5O4/c1-4-10-25-20(29)26(11-5-2)22(31)27(21(25)30)15-19(28)23-18-9-8-17(14-16(18)3)24-12-6-7-13-24/h4-5,8-9,14H,1-2,6-7,10-13,15H2,3H3,(H,23,28). The molecular formula is C22H27N5O4. The summed E-state index contributed by atoms with van der Waals surface area (Å²) in [7, 11) is 0. The lowest BCUT2D eigenvalue weighted by Crippen LogP contribution is -2.55. The molecule has 3 rings (SSSR count). The highest BCUT2D eigenvalue weighted by Gasteiger charge is 2.18. The number of nitrogens with one attached hydrogen (secondary N) is 1. The molecule has 1 amide bonds. The summed E-state index contributed by atoms with van der Waals surface area (Å²) in [6.45, 7) is 10.3. The van der Waals surface area contributed by atoms with Gasteiger partial charge in [-0.3, -0.25) is 4.79 Å². The van der Waals surface area contributed by atoms with E-state index < -0.39 is 29.5 Å². The number of nitrogens with zero attached hydrogens (tertiary/aromatic N) is 4. The van der Waals surface area contributed by atoms with Gasteiger partial charge in [-0.25, -0.2) is 28.1 Å². The minimum absolute atomic E-state index is 0.0756. The minimum Gasteiger partial charge on any atom is -0.372 e. The molecule has 1 aliphatic heterocycles. The maximum atomic E-state index is 12.7. The molecule has 164 valence electrons. The summed E-state index contributed by atoms with van der Waals surface area (Å²) >= 11 is 0. The quantitative estimate of drug-likeness (QED) is 0.639. The SMILES string of the molecule is C=CCn1c(=O)n(CC=C)c(=O)n(CC(=O)Nc2ccc(N3CCCC3)cc2C)c1=O. The third-order valence-corrected chi connectivity index (χ3v) is 5.27. The Balaban J connectivity index is 1.87. The first kappa shape index (κ1) is 22.1. The molecule has 1 aromatic carbocycles. The van der Waals surface area contributed by atoms with Crippen LogP contribution in [0.5, 0.6) is 0 Å². The van der Waals surface area contributed by atoms with E-state index in [-0.39, 0.29) is 13.1 Å². The smallest absolute Gasteiger partial charge is 0.337 e. The average Bonchev–Trinajstić information content (AvgIpc) is 3.28. The van der Waals surface area contributed by atoms with E-state index in [0.29, 0.717) is 5.69 Å². The third-order valence-electron chi connectivity index (χ3n) is 5.27. The lowest BCUT2D eigenvalue weighted by atomic mass is 10.1. The second-order valence-corrected chi connectivity index (χ2v) is 7.47. The van der Waals surface area contributed by atoms with Crippen molar-refractivity contribution in [3.05, 3.63) is 80.5 Å². The molecule has 0 atom stereocenters. The highest BCUT2D eigenvalue weighted by molar-refractivity contribution is 5.91. The van der Waals surface area contributed by atoms with Crippen molar-refractivity contribution in [2.75, 3.05) is 23.3 Å². The van der Waals surface area contributed by atoms with Gasteiger partial charge in [0.2, 0.25) is 5.91 Å². The van der Waals surface area contributed by atoms with Gasteiger partial charge in [0.25, 0.3) is 0 Å². The Hall–Kier alpha value is -3.62. The van der Waals surface area contributed by atoms with Crippen LogP contribution < -0.4 is 27.3 Å². The Morgan fingerprint density at radius 2 is 1.52 bits per heavy atom. The van der Waals surface area contributed by atoms with Crippen molar-refractivity contribution in [3.8, 4) is 0 Å². The Bertz CT molecular complexity index is 1130. The lowest BCUT2D eigenvalue weighted by Gasteiger charge is -2.19. The Morgan fingerprint density at radius 1 is 0.968 bits per heavy atom. The first-order valence-corrected chi connectivity index (χ1v) is 10.2. The van der Waals surface area contributed by atoms with Crippen molar-refractivity contribution in [1.29, 1.82) is 0 Å². The van der Waals surface area contributed by atoms with Gasteiger partial charge in [0.1, 0.15) is 6.54 Å². The van der Waals surface area contributed by atoms with Gasteiger partial charge in [0.05, 0.1) is 13.1 Å². The topological polar surface area (TPSA) is 98.3 Å². The Kier molecular flexibility index (Phi) is 6.74. The van der Waals surface area contributed by atoms with Crippen molar-refractivity contribution >= 4 is 17.3 Å². The number of allylic oxidation sites excluding steroid dienone is 2. The second kappa shape index (κ2) is 9.46. The average molecular weight is 425 g/mol. The number of amides is 1. The van der Waals surface area contributed by atoms with E-state index in [0.717, 1.165) is 38.0 Å². The Morgan fingerprint density at radius 3 is 2.03 bits per heavy atom. The van der Waals surface area contributed by atoms with Gasteiger partial charge in [-0.2, -0.15) is 0 Å². The molecule has 1 aliphatic rings. The maximum absolute atomic E-state index is 12.7. The van der Waals surface area contributed by atoms with E-state index in [9.17, 15) is 19.2 Å². The first-order valence-electron chi connectivity index (χ1n) is 10.2. The molecule has 0 aliphatic carbocycles. The monoisotopic (exact) mass is 425 g/mol. The molecule has 2 heterocycles. The molecule has 0 saturated carbocycles. The molecule has 1 aromatic heterocycles. The number of benzene rings is 1. The van der Waals surface area contributed by atoms with Crippen LogP contribution in [0.1, 0.15) is 18.4 Å². The van der Waals surface area contributed by atoms with Crippen LogP contribution in [-0.2, 0) is 24.4 Å². The zero-order valence-corrected chi connectivity index (χ0v) is 17.7. The van der Waals surface area contributed by atoms with Gasteiger partial charge in [-0.05, 0) is 43.5 Å². The number of hydrogen-bond acceptors (Lipinski definition) is 5. The van der Waals surface area contributed by atoms with E-state index in [1.807, 2.05) is 25.1 Å². The van der Waals surface area contributed by atoms with Gasteiger partial charge in [-0.15, -0.1) is 13.2 Å². The molecule has 0 radical (unpaired) electrons. The van der Waals surface area contributed by atoms with E-state index in [1.54, 1.807) is 0 Å². The normalized spacial score (nSPS) is 13.3. The van der Waals surface area contributed by atoms with Gasteiger partial charge < -0.3 is 10.2 Å². The highest BCUT2D eigenvalue weighted by atomic mass is 16.2. The van der Waals surface area contributed by atoms with Gasteiger partial charge in [0, 0.05) is 24.5 Å². The summed E-state index contributed by atoms with van der Waals surface area (Å²) in [5.74, 6) is -0.537. The molecular weight excluding hydrogens is 398 g/mol. The van der Waals surface area contributed by atoms with Crippen molar-refractivity contribution in [2.24, 2.45) is 0 Å². The number of aromatic nitrogens is 3. The summed E-state index contributed by atoms with van der Waals surface area (Å²) in [6.07, 6.45) is 5.09. The van der Waals surface area contributed by atoms with Crippen molar-refractivity contribution in [2.45, 2.75) is 39.4 Å². The molecule has 1 N–H and O–H groups in total. The van der Waals surface area contributed by atoms with Crippen LogP contribution in [0.4, 0.5) is 11.4 Å². The summed E-state index contributed by atoms with van der Waals surface area (Å²) in [6, 6.07) is 5.77. The van der Waals surface area contributed by atoms with Crippen LogP contribution in [0.25, 0.3) is 0 Å². The van der Waals surface area contributed by atoms with E-state index in [2.05, 4.69) is 23.4 Å². The van der Waals surface area contributed by atoms with Crippen LogP contribution in [0, 0.1) is 6.92 Å². The minimum atomic E-state index is -0.855. The fourth-order valence-corrected chi connectivity index (χ4v) is 3.68. The van der Waals surface area contributed by atoms with E-state index in [1.165, 1.54) is 25.0 Å². The van der Waals surface area contributed by atoms with Gasteiger partial charge in [-0.1, -0.05) is 12.2 Å². The summed E-state index contributed by atoms with van der Waals surface area (Å²) < 4.78 is 2.47. The fourth-order valence-electron chi connectivity index (χ4n) is 3.68. The van der Waals surface area contributed by atoms with Crippen LogP contribution in [0.3, 0.4) is 0 Å². The zero-order valence-electron chi connectivity index (χ0n) is 17.7. The van der Waals surface area contributed by atoms with Crippen molar-refractivity contribution < 1.29 is 4.79 Å². The van der Waals surface area contributed by atoms with Crippen LogP contribution in [0.2, 0.25) is 0 Å². The molecule has 9 nitrogen and oxygen atoms in total. The van der Waals surface area contributed by atoms with Crippen LogP contribution in [-0.4, -0.2) is 32.7 Å². The number of rotatable bonds is 8. The lowest BCUT2D eigenvalue weighted by molar-refractivity contribution is -0.116. The highest BCUT2D eigenvalue weighted by Crippen LogP contribution is 2.25. The van der Waals surface area contributed by atoms with Crippen molar-refractivity contribution in [3.63, 3.8) is 0 Å². The third kappa shape index (κ3) is 4.60. The largest absolute Gasteiger partial charge is 0.372 e. The predicted molar refractivity (Wildman–Crippen MR) is 121 cm³/mol. The van der Waals surface area contributed by atoms with E-state index in [4.69, 9.17) is 0 Å². The van der Waals surface area contributed by atoms with Crippen molar-refractivity contribution in [1.82, 2.24) is 13.7 Å². The summed E-state index contributed by atoms with van der Waals surface area (Å²) in [4.78, 5) is 52.7. The predicted octanol–water partition coefficient (Wildman–Crippen LogP) is 1.09. The number of anilines is 2. The fraction of sp³-hybridized carbons (Fsp3) is 0.364. The molecule has 2 aromatic rings. The number of aryl methyl sites for hydroxylation is 1. The molecule has 0 bridgehead atoms. The zero-order chi connectivity index (χ0) is 22.5. The van der Waals surface area contributed by atoms with E-state index >= 15 is 0 Å².